The zero-order valence-electron chi connectivity index (χ0n) is 13.0. The number of ether oxygens (including phenoxy) is 2. The van der Waals surface area contributed by atoms with Gasteiger partial charge in [0.25, 0.3) is 0 Å². The molecule has 120 valence electrons. The van der Waals surface area contributed by atoms with Crippen molar-refractivity contribution in [1.29, 1.82) is 0 Å². The van der Waals surface area contributed by atoms with E-state index in [0.29, 0.717) is 19.8 Å². The van der Waals surface area contributed by atoms with Crippen LogP contribution in [0.4, 0.5) is 0 Å². The topological polar surface area (TPSA) is 59.9 Å². The normalized spacial score (nSPS) is 36.7. The highest BCUT2D eigenvalue weighted by molar-refractivity contribution is 7.92. The summed E-state index contributed by atoms with van der Waals surface area (Å²) in [6.45, 7) is 1.90. The van der Waals surface area contributed by atoms with E-state index in [9.17, 15) is 4.21 Å². The van der Waals surface area contributed by atoms with Crippen molar-refractivity contribution < 1.29 is 13.7 Å². The van der Waals surface area contributed by atoms with Gasteiger partial charge in [-0.2, -0.15) is 0 Å². The number of fused-ring (bicyclic) bond motifs is 5. The summed E-state index contributed by atoms with van der Waals surface area (Å²) < 4.78 is 28.9. The number of hydrogen-bond acceptors (Lipinski definition) is 5. The smallest absolute Gasteiger partial charge is 0.124 e. The third-order valence-electron chi connectivity index (χ3n) is 5.02. The van der Waals surface area contributed by atoms with Gasteiger partial charge in [0.2, 0.25) is 0 Å². The van der Waals surface area contributed by atoms with Crippen LogP contribution in [-0.2, 0) is 14.5 Å². The standard InChI is InChI=1S/C16H22N2O3S/c1-22(2,19)18-16-7-8-20-10-14(16)17-15-11-5-3-4-6-13(11)21-9-12(15)16/h3-6,12,14-15,17H,7-10H2,1-2H3. The Balaban J connectivity index is 1.83. The minimum absolute atomic E-state index is 0.103. The van der Waals surface area contributed by atoms with Gasteiger partial charge in [0, 0.05) is 46.4 Å². The number of nitrogens with zero attached hydrogens (tertiary/aromatic N) is 1. The minimum atomic E-state index is -2.19. The Bertz CT molecular complexity index is 705. The zero-order valence-corrected chi connectivity index (χ0v) is 13.8. The number of para-hydroxylation sites is 1. The molecule has 5 nitrogen and oxygen atoms in total. The van der Waals surface area contributed by atoms with Crippen molar-refractivity contribution in [2.45, 2.75) is 24.0 Å². The van der Waals surface area contributed by atoms with Crippen molar-refractivity contribution >= 4 is 9.73 Å². The Morgan fingerprint density at radius 1 is 1.32 bits per heavy atom. The average Bonchev–Trinajstić information content (AvgIpc) is 2.79. The van der Waals surface area contributed by atoms with Crippen LogP contribution in [0.15, 0.2) is 28.6 Å². The number of nitrogens with one attached hydrogen (secondary N) is 1. The van der Waals surface area contributed by atoms with Crippen LogP contribution in [0.25, 0.3) is 0 Å². The van der Waals surface area contributed by atoms with Crippen LogP contribution in [0.1, 0.15) is 18.0 Å². The van der Waals surface area contributed by atoms with Gasteiger partial charge in [-0.05, 0) is 12.5 Å². The summed E-state index contributed by atoms with van der Waals surface area (Å²) >= 11 is 0. The maximum absolute atomic E-state index is 12.4. The van der Waals surface area contributed by atoms with Crippen molar-refractivity contribution in [3.05, 3.63) is 29.8 Å². The van der Waals surface area contributed by atoms with Crippen LogP contribution in [-0.4, -0.2) is 48.1 Å². The van der Waals surface area contributed by atoms with Crippen LogP contribution >= 0.6 is 0 Å². The van der Waals surface area contributed by atoms with Gasteiger partial charge < -0.3 is 14.8 Å². The molecule has 0 aromatic heterocycles. The first kappa shape index (κ1) is 14.5. The van der Waals surface area contributed by atoms with E-state index in [1.54, 1.807) is 12.5 Å². The molecule has 4 rings (SSSR count). The molecule has 0 aliphatic carbocycles. The van der Waals surface area contributed by atoms with Crippen LogP contribution in [0.2, 0.25) is 0 Å². The monoisotopic (exact) mass is 322 g/mol. The third kappa shape index (κ3) is 2.16. The largest absolute Gasteiger partial charge is 0.493 e. The van der Waals surface area contributed by atoms with E-state index >= 15 is 0 Å². The van der Waals surface area contributed by atoms with Crippen LogP contribution < -0.4 is 10.1 Å². The molecule has 1 aromatic carbocycles. The second kappa shape index (κ2) is 4.94. The molecule has 3 aliphatic heterocycles. The molecule has 2 fully saturated rings. The summed E-state index contributed by atoms with van der Waals surface area (Å²) in [5, 5.41) is 3.69. The molecule has 4 atom stereocenters. The average molecular weight is 322 g/mol. The summed E-state index contributed by atoms with van der Waals surface area (Å²) in [4.78, 5) is 0. The molecule has 3 heterocycles. The summed E-state index contributed by atoms with van der Waals surface area (Å²) in [5.41, 5.74) is 0.832. The lowest BCUT2D eigenvalue weighted by Gasteiger charge is -2.40. The quantitative estimate of drug-likeness (QED) is 0.853. The second-order valence-electron chi connectivity index (χ2n) is 6.74. The fourth-order valence-electron chi connectivity index (χ4n) is 4.19. The number of hydrogen-bond donors (Lipinski definition) is 1. The molecule has 6 heteroatoms. The first-order valence-electron chi connectivity index (χ1n) is 7.73. The maximum atomic E-state index is 12.4. The van der Waals surface area contributed by atoms with Gasteiger partial charge in [-0.1, -0.05) is 18.2 Å². The van der Waals surface area contributed by atoms with Gasteiger partial charge in [-0.3, -0.25) is 4.21 Å². The fraction of sp³-hybridized carbons (Fsp3) is 0.625. The van der Waals surface area contributed by atoms with E-state index in [-0.39, 0.29) is 23.5 Å². The molecule has 0 spiro atoms. The molecule has 22 heavy (non-hydrogen) atoms. The van der Waals surface area contributed by atoms with Crippen molar-refractivity contribution in [2.24, 2.45) is 10.3 Å². The van der Waals surface area contributed by atoms with E-state index in [1.165, 1.54) is 5.56 Å². The van der Waals surface area contributed by atoms with Crippen molar-refractivity contribution in [2.75, 3.05) is 32.3 Å². The maximum Gasteiger partial charge on any atom is 0.124 e. The Kier molecular flexibility index (Phi) is 3.25. The van der Waals surface area contributed by atoms with Gasteiger partial charge in [0.1, 0.15) is 5.75 Å². The Labute approximate surface area is 131 Å². The van der Waals surface area contributed by atoms with Gasteiger partial charge >= 0.3 is 0 Å². The SMILES string of the molecule is CS(C)(=O)=NC12CCOCC1NC1c3ccccc3OCC12. The van der Waals surface area contributed by atoms with Crippen molar-refractivity contribution in [3.63, 3.8) is 0 Å². The predicted molar refractivity (Wildman–Crippen MR) is 85.7 cm³/mol. The lowest BCUT2D eigenvalue weighted by Crippen LogP contribution is -2.53. The zero-order chi connectivity index (χ0) is 15.4. The first-order chi connectivity index (χ1) is 10.5. The second-order valence-corrected chi connectivity index (χ2v) is 9.29. The lowest BCUT2D eigenvalue weighted by molar-refractivity contribution is 0.0217. The summed E-state index contributed by atoms with van der Waals surface area (Å²) in [5.74, 6) is 1.15. The Morgan fingerprint density at radius 2 is 2.14 bits per heavy atom. The highest BCUT2D eigenvalue weighted by atomic mass is 32.2. The van der Waals surface area contributed by atoms with E-state index in [2.05, 4.69) is 11.4 Å². The molecule has 1 aromatic rings. The summed E-state index contributed by atoms with van der Waals surface area (Å²) in [7, 11) is -2.19. The Hall–Kier alpha value is -1.11. The molecule has 2 saturated heterocycles. The molecule has 0 saturated carbocycles. The minimum Gasteiger partial charge on any atom is -0.493 e. The van der Waals surface area contributed by atoms with E-state index in [4.69, 9.17) is 13.8 Å². The summed E-state index contributed by atoms with van der Waals surface area (Å²) in [6, 6.07) is 8.46. The van der Waals surface area contributed by atoms with Crippen molar-refractivity contribution in [1.82, 2.24) is 5.32 Å². The molecule has 0 bridgehead atoms. The van der Waals surface area contributed by atoms with E-state index < -0.39 is 9.73 Å². The highest BCUT2D eigenvalue weighted by Gasteiger charge is 2.59. The van der Waals surface area contributed by atoms with Gasteiger partial charge in [0.15, 0.2) is 0 Å². The molecular weight excluding hydrogens is 300 g/mol. The highest BCUT2D eigenvalue weighted by Crippen LogP contribution is 2.51. The van der Waals surface area contributed by atoms with Crippen LogP contribution in [0, 0.1) is 5.92 Å². The molecule has 0 amide bonds. The van der Waals surface area contributed by atoms with E-state index in [1.807, 2.05) is 18.2 Å². The van der Waals surface area contributed by atoms with Crippen molar-refractivity contribution in [3.8, 4) is 5.75 Å². The molecule has 3 aliphatic rings. The number of rotatable bonds is 1. The molecule has 4 unspecified atom stereocenters. The van der Waals surface area contributed by atoms with Gasteiger partial charge in [0.05, 0.1) is 24.8 Å². The molecule has 0 radical (unpaired) electrons. The van der Waals surface area contributed by atoms with Gasteiger partial charge in [-0.25, -0.2) is 4.36 Å². The van der Waals surface area contributed by atoms with Crippen LogP contribution in [0.5, 0.6) is 5.75 Å². The molecule has 1 N–H and O–H groups in total. The van der Waals surface area contributed by atoms with Gasteiger partial charge in [-0.15, -0.1) is 0 Å². The fourth-order valence-corrected chi connectivity index (χ4v) is 5.37. The molecular formula is C16H22N2O3S. The number of benzene rings is 1. The lowest BCUT2D eigenvalue weighted by atomic mass is 9.75. The third-order valence-corrected chi connectivity index (χ3v) is 5.80. The first-order valence-corrected chi connectivity index (χ1v) is 10.1. The van der Waals surface area contributed by atoms with E-state index in [0.717, 1.165) is 12.2 Å². The Morgan fingerprint density at radius 3 is 2.95 bits per heavy atom. The van der Waals surface area contributed by atoms with Crippen LogP contribution in [0.3, 0.4) is 0 Å². The summed E-state index contributed by atoms with van der Waals surface area (Å²) in [6.07, 6.45) is 4.24. The predicted octanol–water partition coefficient (Wildman–Crippen LogP) is 1.59.